The van der Waals surface area contributed by atoms with Crippen molar-refractivity contribution in [1.82, 2.24) is 0 Å². The topological polar surface area (TPSA) is 0 Å². The molecule has 0 saturated carbocycles. The zero-order chi connectivity index (χ0) is 18.9. The number of aryl methyl sites for hydroxylation is 1. The van der Waals surface area contributed by atoms with Gasteiger partial charge in [0.25, 0.3) is 0 Å². The molecule has 0 heteroatoms. The third-order valence-electron chi connectivity index (χ3n) is 5.31. The first kappa shape index (κ1) is 17.4. The second-order valence-corrected chi connectivity index (χ2v) is 7.95. The number of fused-ring (bicyclic) bond motifs is 1. The SMILES string of the molecule is Cc1cccc(C2=CCC(C)(C)c3ccc(C#Cc4ccccc4)cc32)c1. The van der Waals surface area contributed by atoms with Crippen LogP contribution in [0.2, 0.25) is 0 Å². The standard InChI is InChI=1S/C27H24/c1-20-8-7-11-23(18-20)24-16-17-27(2,3)26-15-14-22(19-25(24)26)13-12-21-9-5-4-6-10-21/h4-11,14-16,18-19H,17H2,1-3H3. The largest absolute Gasteiger partial charge is 0.0752 e. The molecule has 27 heavy (non-hydrogen) atoms. The van der Waals surface area contributed by atoms with Gasteiger partial charge in [-0.25, -0.2) is 0 Å². The molecule has 0 atom stereocenters. The highest BCUT2D eigenvalue weighted by Gasteiger charge is 2.28. The molecule has 0 bridgehead atoms. The van der Waals surface area contributed by atoms with Gasteiger partial charge in [-0.15, -0.1) is 0 Å². The summed E-state index contributed by atoms with van der Waals surface area (Å²) in [6.07, 6.45) is 3.45. The third-order valence-corrected chi connectivity index (χ3v) is 5.31. The average Bonchev–Trinajstić information content (AvgIpc) is 2.67. The van der Waals surface area contributed by atoms with Crippen LogP contribution in [0.1, 0.15) is 53.6 Å². The average molecular weight is 348 g/mol. The summed E-state index contributed by atoms with van der Waals surface area (Å²) < 4.78 is 0. The molecular formula is C27H24. The van der Waals surface area contributed by atoms with Crippen LogP contribution in [0.15, 0.2) is 78.9 Å². The maximum Gasteiger partial charge on any atom is 0.0255 e. The van der Waals surface area contributed by atoms with E-state index < -0.39 is 0 Å². The number of hydrogen-bond donors (Lipinski definition) is 0. The molecule has 0 nitrogen and oxygen atoms in total. The maximum absolute atomic E-state index is 3.34. The molecule has 3 aromatic rings. The number of allylic oxidation sites excluding steroid dienone is 1. The summed E-state index contributed by atoms with van der Waals surface area (Å²) in [5.41, 5.74) is 8.90. The number of rotatable bonds is 1. The summed E-state index contributed by atoms with van der Waals surface area (Å²) in [5, 5.41) is 0. The molecule has 3 aromatic carbocycles. The Labute approximate surface area is 162 Å². The fourth-order valence-corrected chi connectivity index (χ4v) is 3.76. The zero-order valence-corrected chi connectivity index (χ0v) is 16.2. The highest BCUT2D eigenvalue weighted by Crippen LogP contribution is 2.41. The summed E-state index contributed by atoms with van der Waals surface area (Å²) in [7, 11) is 0. The quantitative estimate of drug-likeness (QED) is 0.440. The maximum atomic E-state index is 3.34. The summed E-state index contributed by atoms with van der Waals surface area (Å²) in [5.74, 6) is 6.63. The summed E-state index contributed by atoms with van der Waals surface area (Å²) in [6, 6.07) is 25.6. The Balaban J connectivity index is 1.80. The molecule has 0 unspecified atom stereocenters. The molecule has 0 heterocycles. The molecule has 0 aliphatic heterocycles. The molecule has 0 radical (unpaired) electrons. The van der Waals surface area contributed by atoms with Gasteiger partial charge >= 0.3 is 0 Å². The second kappa shape index (κ2) is 6.93. The lowest BCUT2D eigenvalue weighted by Gasteiger charge is -2.32. The first-order chi connectivity index (χ1) is 13.0. The molecule has 4 rings (SSSR count). The molecule has 0 N–H and O–H groups in total. The van der Waals surface area contributed by atoms with Crippen LogP contribution in [0.25, 0.3) is 5.57 Å². The molecule has 132 valence electrons. The Morgan fingerprint density at radius 1 is 0.778 bits per heavy atom. The molecule has 0 aromatic heterocycles. The lowest BCUT2D eigenvalue weighted by Crippen LogP contribution is -2.22. The number of benzene rings is 3. The normalized spacial score (nSPS) is 14.6. The molecule has 0 spiro atoms. The lowest BCUT2D eigenvalue weighted by molar-refractivity contribution is 0.527. The van der Waals surface area contributed by atoms with Crippen LogP contribution in [0.4, 0.5) is 0 Å². The van der Waals surface area contributed by atoms with E-state index in [2.05, 4.69) is 81.2 Å². The van der Waals surface area contributed by atoms with Crippen LogP contribution < -0.4 is 0 Å². The van der Waals surface area contributed by atoms with Gasteiger partial charge in [0.05, 0.1) is 0 Å². The van der Waals surface area contributed by atoms with E-state index in [1.54, 1.807) is 0 Å². The van der Waals surface area contributed by atoms with Crippen molar-refractivity contribution in [3.63, 3.8) is 0 Å². The second-order valence-electron chi connectivity index (χ2n) is 7.95. The molecule has 1 aliphatic rings. The Hall–Kier alpha value is -3.04. The van der Waals surface area contributed by atoms with Crippen molar-refractivity contribution in [2.75, 3.05) is 0 Å². The van der Waals surface area contributed by atoms with Gasteiger partial charge in [-0.1, -0.05) is 85.9 Å². The third kappa shape index (κ3) is 3.60. The van der Waals surface area contributed by atoms with E-state index in [0.29, 0.717) is 0 Å². The Kier molecular flexibility index (Phi) is 4.46. The zero-order valence-electron chi connectivity index (χ0n) is 16.2. The summed E-state index contributed by atoms with van der Waals surface area (Å²) in [6.45, 7) is 6.80. The van der Waals surface area contributed by atoms with Gasteiger partial charge in [-0.3, -0.25) is 0 Å². The monoisotopic (exact) mass is 348 g/mol. The lowest BCUT2D eigenvalue weighted by atomic mass is 9.72. The van der Waals surface area contributed by atoms with Gasteiger partial charge in [0, 0.05) is 11.1 Å². The summed E-state index contributed by atoms with van der Waals surface area (Å²) in [4.78, 5) is 0. The van der Waals surface area contributed by atoms with Crippen molar-refractivity contribution in [3.05, 3.63) is 112 Å². The van der Waals surface area contributed by atoms with Crippen LogP contribution in [0.3, 0.4) is 0 Å². The van der Waals surface area contributed by atoms with Gasteiger partial charge in [0.1, 0.15) is 0 Å². The minimum atomic E-state index is 0.147. The van der Waals surface area contributed by atoms with Crippen molar-refractivity contribution >= 4 is 5.57 Å². The predicted octanol–water partition coefficient (Wildman–Crippen LogP) is 6.51. The minimum absolute atomic E-state index is 0.147. The minimum Gasteiger partial charge on any atom is -0.0752 e. The van der Waals surface area contributed by atoms with Crippen LogP contribution in [0, 0.1) is 18.8 Å². The van der Waals surface area contributed by atoms with Gasteiger partial charge in [-0.05, 0) is 65.3 Å². The van der Waals surface area contributed by atoms with Crippen LogP contribution >= 0.6 is 0 Å². The van der Waals surface area contributed by atoms with Crippen molar-refractivity contribution in [1.29, 1.82) is 0 Å². The van der Waals surface area contributed by atoms with Crippen molar-refractivity contribution < 1.29 is 0 Å². The molecular weight excluding hydrogens is 324 g/mol. The Bertz CT molecular complexity index is 1070. The molecule has 1 aliphatic carbocycles. The first-order valence-electron chi connectivity index (χ1n) is 9.52. The number of hydrogen-bond acceptors (Lipinski definition) is 0. The van der Waals surface area contributed by atoms with E-state index in [1.165, 1.54) is 27.8 Å². The van der Waals surface area contributed by atoms with E-state index in [4.69, 9.17) is 0 Å². The fourth-order valence-electron chi connectivity index (χ4n) is 3.76. The van der Waals surface area contributed by atoms with E-state index in [0.717, 1.165) is 17.5 Å². The van der Waals surface area contributed by atoms with Crippen LogP contribution in [-0.4, -0.2) is 0 Å². The van der Waals surface area contributed by atoms with Crippen molar-refractivity contribution in [2.45, 2.75) is 32.6 Å². The van der Waals surface area contributed by atoms with E-state index in [9.17, 15) is 0 Å². The van der Waals surface area contributed by atoms with E-state index >= 15 is 0 Å². The molecule has 0 fully saturated rings. The molecule has 0 amide bonds. The van der Waals surface area contributed by atoms with Crippen LogP contribution in [0.5, 0.6) is 0 Å². The Morgan fingerprint density at radius 3 is 2.33 bits per heavy atom. The van der Waals surface area contributed by atoms with Crippen molar-refractivity contribution in [3.8, 4) is 11.8 Å². The van der Waals surface area contributed by atoms with Crippen molar-refractivity contribution in [2.24, 2.45) is 0 Å². The van der Waals surface area contributed by atoms with E-state index in [-0.39, 0.29) is 5.41 Å². The van der Waals surface area contributed by atoms with Gasteiger partial charge in [0.15, 0.2) is 0 Å². The highest BCUT2D eigenvalue weighted by molar-refractivity contribution is 5.84. The van der Waals surface area contributed by atoms with E-state index in [1.807, 2.05) is 30.3 Å². The van der Waals surface area contributed by atoms with Gasteiger partial charge in [-0.2, -0.15) is 0 Å². The molecule has 0 saturated heterocycles. The fraction of sp³-hybridized carbons (Fsp3) is 0.185. The van der Waals surface area contributed by atoms with Gasteiger partial charge in [0.2, 0.25) is 0 Å². The predicted molar refractivity (Wildman–Crippen MR) is 115 cm³/mol. The Morgan fingerprint density at radius 2 is 1.56 bits per heavy atom. The smallest absolute Gasteiger partial charge is 0.0255 e. The van der Waals surface area contributed by atoms with Gasteiger partial charge < -0.3 is 0 Å². The first-order valence-corrected chi connectivity index (χ1v) is 9.52. The van der Waals surface area contributed by atoms with Crippen LogP contribution in [-0.2, 0) is 5.41 Å². The summed E-state index contributed by atoms with van der Waals surface area (Å²) >= 11 is 0. The highest BCUT2D eigenvalue weighted by atomic mass is 14.3.